The van der Waals surface area contributed by atoms with Crippen molar-refractivity contribution >= 4 is 27.3 Å². The van der Waals surface area contributed by atoms with E-state index in [-0.39, 0.29) is 22.8 Å². The molecule has 158 valence electrons. The molecule has 1 amide bonds. The Morgan fingerprint density at radius 2 is 2.07 bits per heavy atom. The maximum absolute atomic E-state index is 12.8. The van der Waals surface area contributed by atoms with E-state index in [9.17, 15) is 13.2 Å². The minimum Gasteiger partial charge on any atom is -0.486 e. The molecule has 10 heteroatoms. The number of aryl methyl sites for hydroxylation is 1. The minimum absolute atomic E-state index is 0.00917. The molecule has 0 atom stereocenters. The standard InChI is InChI=1S/C20H21N3O5S2/c1-13-16(22-20(28-13)18-5-4-10-29-18)12-27-17-7-6-14(11-15(17)19(21)24)30(25,26)23-8-2-3-9-23/h4-7,10-11H,2-3,8-9,12H2,1H3,(H2,21,24). The maximum atomic E-state index is 12.8. The summed E-state index contributed by atoms with van der Waals surface area (Å²) in [7, 11) is -3.66. The van der Waals surface area contributed by atoms with E-state index in [0.29, 0.717) is 30.4 Å². The normalized spacial score (nSPS) is 14.8. The lowest BCUT2D eigenvalue weighted by Crippen LogP contribution is -2.28. The smallest absolute Gasteiger partial charge is 0.252 e. The molecule has 1 aliphatic heterocycles. The van der Waals surface area contributed by atoms with Gasteiger partial charge in [0.25, 0.3) is 5.91 Å². The lowest BCUT2D eigenvalue weighted by molar-refractivity contribution is 0.0995. The molecule has 0 saturated carbocycles. The number of carbonyl (C=O) groups is 1. The molecular weight excluding hydrogens is 426 g/mol. The first-order chi connectivity index (χ1) is 14.4. The lowest BCUT2D eigenvalue weighted by Gasteiger charge is -2.17. The van der Waals surface area contributed by atoms with Crippen LogP contribution in [0.1, 0.15) is 34.7 Å². The van der Waals surface area contributed by atoms with Crippen LogP contribution in [0.2, 0.25) is 0 Å². The van der Waals surface area contributed by atoms with Crippen molar-refractivity contribution in [2.75, 3.05) is 13.1 Å². The molecule has 3 aromatic rings. The van der Waals surface area contributed by atoms with Gasteiger partial charge >= 0.3 is 0 Å². The highest BCUT2D eigenvalue weighted by molar-refractivity contribution is 7.89. The van der Waals surface area contributed by atoms with Gasteiger partial charge in [-0.05, 0) is 49.4 Å². The molecule has 1 aliphatic rings. The van der Waals surface area contributed by atoms with Crippen LogP contribution in [0.25, 0.3) is 10.8 Å². The summed E-state index contributed by atoms with van der Waals surface area (Å²) in [5, 5.41) is 1.93. The molecule has 0 aliphatic carbocycles. The van der Waals surface area contributed by atoms with Crippen LogP contribution in [0.3, 0.4) is 0 Å². The van der Waals surface area contributed by atoms with Gasteiger partial charge in [0.15, 0.2) is 0 Å². The van der Waals surface area contributed by atoms with Crippen molar-refractivity contribution in [3.63, 3.8) is 0 Å². The number of carbonyl (C=O) groups excluding carboxylic acids is 1. The number of primary amides is 1. The van der Waals surface area contributed by atoms with Crippen LogP contribution in [0, 0.1) is 6.92 Å². The SMILES string of the molecule is Cc1oc(-c2cccs2)nc1COc1ccc(S(=O)(=O)N2CCCC2)cc1C(N)=O. The third-order valence-electron chi connectivity index (χ3n) is 4.91. The molecule has 0 spiro atoms. The van der Waals surface area contributed by atoms with Crippen LogP contribution in [0.4, 0.5) is 0 Å². The second-order valence-electron chi connectivity index (χ2n) is 6.92. The van der Waals surface area contributed by atoms with E-state index >= 15 is 0 Å². The van der Waals surface area contributed by atoms with Gasteiger partial charge in [0.2, 0.25) is 15.9 Å². The first-order valence-corrected chi connectivity index (χ1v) is 11.8. The Hall–Kier alpha value is -2.69. The van der Waals surface area contributed by atoms with Crippen molar-refractivity contribution in [3.05, 3.63) is 52.7 Å². The molecule has 0 bridgehead atoms. The fourth-order valence-electron chi connectivity index (χ4n) is 3.28. The first kappa shape index (κ1) is 20.6. The number of benzene rings is 1. The van der Waals surface area contributed by atoms with Crippen LogP contribution in [0.15, 0.2) is 45.0 Å². The first-order valence-electron chi connectivity index (χ1n) is 9.43. The fourth-order valence-corrected chi connectivity index (χ4v) is 5.47. The van der Waals surface area contributed by atoms with Crippen LogP contribution in [0.5, 0.6) is 5.75 Å². The summed E-state index contributed by atoms with van der Waals surface area (Å²) in [6.45, 7) is 2.79. The Morgan fingerprint density at radius 3 is 2.73 bits per heavy atom. The van der Waals surface area contributed by atoms with Crippen LogP contribution >= 0.6 is 11.3 Å². The molecular formula is C20H21N3O5S2. The second kappa shape index (κ2) is 8.21. The predicted octanol–water partition coefficient (Wildman–Crippen LogP) is 3.17. The highest BCUT2D eigenvalue weighted by atomic mass is 32.2. The number of rotatable bonds is 7. The quantitative estimate of drug-likeness (QED) is 0.595. The number of hydrogen-bond donors (Lipinski definition) is 1. The van der Waals surface area contributed by atoms with E-state index in [1.165, 1.54) is 33.8 Å². The summed E-state index contributed by atoms with van der Waals surface area (Å²) in [5.41, 5.74) is 6.08. The molecule has 2 aromatic heterocycles. The maximum Gasteiger partial charge on any atom is 0.252 e. The van der Waals surface area contributed by atoms with Crippen molar-refractivity contribution < 1.29 is 22.4 Å². The third-order valence-corrected chi connectivity index (χ3v) is 7.66. The van der Waals surface area contributed by atoms with Crippen molar-refractivity contribution in [2.24, 2.45) is 5.73 Å². The van der Waals surface area contributed by atoms with Gasteiger partial charge in [0.1, 0.15) is 23.8 Å². The number of nitrogens with two attached hydrogens (primary N) is 1. The fraction of sp³-hybridized carbons (Fsp3) is 0.300. The number of oxazole rings is 1. The zero-order valence-electron chi connectivity index (χ0n) is 16.3. The van der Waals surface area contributed by atoms with Crippen molar-refractivity contribution in [1.82, 2.24) is 9.29 Å². The summed E-state index contributed by atoms with van der Waals surface area (Å²) in [5.74, 6) is 0.540. The number of thiophene rings is 1. The monoisotopic (exact) mass is 447 g/mol. The minimum atomic E-state index is -3.66. The summed E-state index contributed by atoms with van der Waals surface area (Å²) in [6, 6.07) is 7.98. The summed E-state index contributed by atoms with van der Waals surface area (Å²) < 4.78 is 38.4. The molecule has 3 heterocycles. The topological polar surface area (TPSA) is 116 Å². The Kier molecular flexibility index (Phi) is 5.63. The van der Waals surface area contributed by atoms with E-state index in [1.54, 1.807) is 6.92 Å². The number of aromatic nitrogens is 1. The zero-order chi connectivity index (χ0) is 21.3. The largest absolute Gasteiger partial charge is 0.486 e. The van der Waals surface area contributed by atoms with Gasteiger partial charge in [0, 0.05) is 13.1 Å². The summed E-state index contributed by atoms with van der Waals surface area (Å²) in [6.07, 6.45) is 1.65. The van der Waals surface area contributed by atoms with Crippen LogP contribution < -0.4 is 10.5 Å². The molecule has 1 aromatic carbocycles. The van der Waals surface area contributed by atoms with Crippen molar-refractivity contribution in [2.45, 2.75) is 31.3 Å². The Labute approximate surface area is 178 Å². The molecule has 1 saturated heterocycles. The van der Waals surface area contributed by atoms with E-state index in [4.69, 9.17) is 14.9 Å². The average molecular weight is 448 g/mol. The highest BCUT2D eigenvalue weighted by Crippen LogP contribution is 2.29. The molecule has 8 nitrogen and oxygen atoms in total. The second-order valence-corrected chi connectivity index (χ2v) is 9.81. The van der Waals surface area contributed by atoms with Crippen molar-refractivity contribution in [1.29, 1.82) is 0 Å². The van der Waals surface area contributed by atoms with E-state index in [0.717, 1.165) is 17.7 Å². The number of nitrogens with zero attached hydrogens (tertiary/aromatic N) is 2. The lowest BCUT2D eigenvalue weighted by atomic mass is 10.2. The molecule has 0 radical (unpaired) electrons. The number of sulfonamides is 1. The van der Waals surface area contributed by atoms with Gasteiger partial charge in [-0.15, -0.1) is 11.3 Å². The number of hydrogen-bond acceptors (Lipinski definition) is 7. The van der Waals surface area contributed by atoms with Gasteiger partial charge < -0.3 is 14.9 Å². The van der Waals surface area contributed by atoms with Gasteiger partial charge in [0.05, 0.1) is 15.3 Å². The summed E-state index contributed by atoms with van der Waals surface area (Å²) >= 11 is 1.51. The number of ether oxygens (including phenoxy) is 1. The van der Waals surface area contributed by atoms with Crippen LogP contribution in [-0.4, -0.2) is 36.7 Å². The van der Waals surface area contributed by atoms with Gasteiger partial charge in [-0.2, -0.15) is 4.31 Å². The van der Waals surface area contributed by atoms with Gasteiger partial charge in [-0.3, -0.25) is 4.79 Å². The zero-order valence-corrected chi connectivity index (χ0v) is 18.0. The van der Waals surface area contributed by atoms with E-state index in [1.807, 2.05) is 17.5 Å². The molecule has 4 rings (SSSR count). The van der Waals surface area contributed by atoms with Crippen LogP contribution in [-0.2, 0) is 16.6 Å². The Balaban J connectivity index is 1.57. The average Bonchev–Trinajstić information content (AvgIpc) is 3.47. The third kappa shape index (κ3) is 3.98. The summed E-state index contributed by atoms with van der Waals surface area (Å²) in [4.78, 5) is 17.3. The highest BCUT2D eigenvalue weighted by Gasteiger charge is 2.28. The van der Waals surface area contributed by atoms with Crippen molar-refractivity contribution in [3.8, 4) is 16.5 Å². The van der Waals surface area contributed by atoms with E-state index in [2.05, 4.69) is 4.98 Å². The Bertz CT molecular complexity index is 1160. The van der Waals surface area contributed by atoms with Gasteiger partial charge in [-0.1, -0.05) is 6.07 Å². The molecule has 0 unspecified atom stereocenters. The number of amides is 1. The van der Waals surface area contributed by atoms with Gasteiger partial charge in [-0.25, -0.2) is 13.4 Å². The molecule has 1 fully saturated rings. The molecule has 2 N–H and O–H groups in total. The van der Waals surface area contributed by atoms with E-state index < -0.39 is 15.9 Å². The molecule has 30 heavy (non-hydrogen) atoms. The predicted molar refractivity (Wildman–Crippen MR) is 112 cm³/mol. The Morgan fingerprint density at radius 1 is 1.30 bits per heavy atom.